The highest BCUT2D eigenvalue weighted by Gasteiger charge is 2.46. The molecule has 0 aliphatic carbocycles. The van der Waals surface area contributed by atoms with Crippen LogP contribution >= 0.6 is 8.30 Å². The predicted molar refractivity (Wildman–Crippen MR) is 204 cm³/mol. The summed E-state index contributed by atoms with van der Waals surface area (Å²) in [5.41, 5.74) is -1.44. The zero-order valence-electron chi connectivity index (χ0n) is 31.4. The molecular weight excluding hydrogens is 711 g/mol. The number of hydrogen-bond donors (Lipinski definition) is 1. The lowest BCUT2D eigenvalue weighted by molar-refractivity contribution is -0.258. The van der Waals surface area contributed by atoms with E-state index < -0.39 is 42.8 Å². The number of methoxy groups -OCH3 is 2. The molecule has 1 aliphatic heterocycles. The number of nitrogens with one attached hydrogen (secondary N) is 1. The van der Waals surface area contributed by atoms with Gasteiger partial charge in [0.2, 0.25) is 5.78 Å². The van der Waals surface area contributed by atoms with Gasteiger partial charge >= 0.3 is 5.69 Å². The van der Waals surface area contributed by atoms with Gasteiger partial charge in [-0.05, 0) is 68.7 Å². The fourth-order valence-electron chi connectivity index (χ4n) is 6.66. The first-order chi connectivity index (χ1) is 25.9. The van der Waals surface area contributed by atoms with Crippen molar-refractivity contribution < 1.29 is 33.0 Å². The van der Waals surface area contributed by atoms with Gasteiger partial charge < -0.3 is 28.2 Å². The van der Waals surface area contributed by atoms with E-state index in [1.165, 1.54) is 16.8 Å². The molecule has 4 aromatic rings. The number of aromatic nitrogens is 2. The standard InChI is InChI=1S/C40H47N4O9P/c1-28(2)44(29(3)4)54(24-33(45)22-41)52-27-39(25-50-23-37(53-39)43-21-20-36(46)42-38(43)47)26-51-40(30-10-8-7-9-11-30,31-12-16-34(48-5)17-13-31)32-14-18-35(49-6)19-15-32/h7-21,28-29,37H,23-27H2,1-6H3,(H,42,46,47)/t37-,39-,54?/m1/s1. The molecule has 54 heavy (non-hydrogen) atoms. The molecule has 14 heteroatoms. The second-order valence-corrected chi connectivity index (χ2v) is 15.2. The van der Waals surface area contributed by atoms with Gasteiger partial charge in [0.15, 0.2) is 6.23 Å². The molecule has 0 radical (unpaired) electrons. The molecule has 3 atom stereocenters. The Morgan fingerprint density at radius 3 is 2.02 bits per heavy atom. The average Bonchev–Trinajstić information content (AvgIpc) is 3.18. The van der Waals surface area contributed by atoms with Crippen LogP contribution < -0.4 is 20.7 Å². The van der Waals surface area contributed by atoms with Crippen LogP contribution in [0.4, 0.5) is 0 Å². The van der Waals surface area contributed by atoms with Gasteiger partial charge in [0.1, 0.15) is 37.1 Å². The summed E-state index contributed by atoms with van der Waals surface area (Å²) in [5, 5.41) is 9.48. The number of nitriles is 1. The Morgan fingerprint density at radius 2 is 1.50 bits per heavy atom. The van der Waals surface area contributed by atoms with E-state index in [0.29, 0.717) is 11.5 Å². The zero-order valence-corrected chi connectivity index (χ0v) is 32.3. The highest BCUT2D eigenvalue weighted by Crippen LogP contribution is 2.47. The number of ether oxygens (including phenoxy) is 5. The van der Waals surface area contributed by atoms with E-state index in [1.54, 1.807) is 20.3 Å². The molecule has 286 valence electrons. The maximum Gasteiger partial charge on any atom is 0.330 e. The maximum atomic E-state index is 13.0. The van der Waals surface area contributed by atoms with Crippen LogP contribution in [0.5, 0.6) is 11.5 Å². The quantitative estimate of drug-likeness (QED) is 0.0838. The molecule has 0 spiro atoms. The minimum Gasteiger partial charge on any atom is -0.497 e. The average molecular weight is 759 g/mol. The van der Waals surface area contributed by atoms with Gasteiger partial charge in [0.05, 0.1) is 46.8 Å². The monoisotopic (exact) mass is 758 g/mol. The van der Waals surface area contributed by atoms with Crippen molar-refractivity contribution >= 4 is 14.1 Å². The third kappa shape index (κ3) is 9.16. The van der Waals surface area contributed by atoms with E-state index >= 15 is 0 Å². The molecule has 0 amide bonds. The lowest BCUT2D eigenvalue weighted by Crippen LogP contribution is -2.55. The minimum absolute atomic E-state index is 0.000279. The van der Waals surface area contributed by atoms with Crippen LogP contribution in [0.3, 0.4) is 0 Å². The normalized spacial score (nSPS) is 18.0. The number of Topliss-reactive ketones (excluding diaryl/α,β-unsaturated/α-hetero) is 1. The highest BCUT2D eigenvalue weighted by atomic mass is 31.2. The van der Waals surface area contributed by atoms with Crippen molar-refractivity contribution in [2.24, 2.45) is 0 Å². The summed E-state index contributed by atoms with van der Waals surface area (Å²) in [6.07, 6.45) is 0.268. The van der Waals surface area contributed by atoms with Crippen LogP contribution in [0.2, 0.25) is 0 Å². The summed E-state index contributed by atoms with van der Waals surface area (Å²) in [6.45, 7) is 7.76. The maximum absolute atomic E-state index is 13.0. The summed E-state index contributed by atoms with van der Waals surface area (Å²) in [5.74, 6) is 0.732. The molecule has 1 saturated heterocycles. The molecule has 3 aromatic carbocycles. The van der Waals surface area contributed by atoms with Gasteiger partial charge in [-0.25, -0.2) is 4.79 Å². The number of aromatic amines is 1. The molecule has 5 rings (SSSR count). The van der Waals surface area contributed by atoms with Gasteiger partial charge in [0, 0.05) is 24.3 Å². The summed E-state index contributed by atoms with van der Waals surface area (Å²) in [6, 6.07) is 27.9. The van der Waals surface area contributed by atoms with Crippen molar-refractivity contribution in [2.75, 3.05) is 46.8 Å². The lowest BCUT2D eigenvalue weighted by Gasteiger charge is -2.45. The Kier molecular flexibility index (Phi) is 13.6. The first-order valence-electron chi connectivity index (χ1n) is 17.6. The molecule has 1 unspecified atom stereocenters. The Morgan fingerprint density at radius 1 is 0.926 bits per heavy atom. The number of rotatable bonds is 17. The molecule has 1 aliphatic rings. The number of carbonyl (C=O) groups is 1. The van der Waals surface area contributed by atoms with E-state index in [1.807, 2.05) is 107 Å². The Labute approximate surface area is 316 Å². The van der Waals surface area contributed by atoms with E-state index in [-0.39, 0.29) is 44.7 Å². The molecule has 13 nitrogen and oxygen atoms in total. The smallest absolute Gasteiger partial charge is 0.330 e. The lowest BCUT2D eigenvalue weighted by atomic mass is 9.79. The number of ketones is 1. The topological polar surface area (TPSA) is 154 Å². The van der Waals surface area contributed by atoms with Gasteiger partial charge in [-0.3, -0.25) is 23.8 Å². The van der Waals surface area contributed by atoms with E-state index in [2.05, 4.69) is 9.65 Å². The van der Waals surface area contributed by atoms with Crippen LogP contribution in [0.25, 0.3) is 0 Å². The SMILES string of the molecule is COc1ccc(C(OC[C@@]2(COP(CC(=O)C#N)N(C(C)C)C(C)C)COC[C@H](n3ccc(=O)[nH]c3=O)O2)(c2ccccc2)c2ccc(OC)cc2)cc1. The van der Waals surface area contributed by atoms with Gasteiger partial charge in [-0.1, -0.05) is 54.6 Å². The zero-order chi connectivity index (χ0) is 38.9. The second-order valence-electron chi connectivity index (χ2n) is 13.5. The van der Waals surface area contributed by atoms with Crippen molar-refractivity contribution in [3.8, 4) is 17.6 Å². The number of nitrogens with zero attached hydrogens (tertiary/aromatic N) is 3. The number of carbonyl (C=O) groups excluding carboxylic acids is 1. The Hall–Kier alpha value is -4.67. The third-order valence-corrected chi connectivity index (χ3v) is 11.5. The molecule has 0 bridgehead atoms. The third-order valence-electron chi connectivity index (χ3n) is 9.09. The second kappa shape index (κ2) is 18.1. The van der Waals surface area contributed by atoms with Crippen molar-refractivity contribution in [1.29, 1.82) is 5.26 Å². The summed E-state index contributed by atoms with van der Waals surface area (Å²) < 4.78 is 41.3. The fourth-order valence-corrected chi connectivity index (χ4v) is 8.78. The molecule has 1 fully saturated rings. The van der Waals surface area contributed by atoms with Gasteiger partial charge in [0.25, 0.3) is 5.56 Å². The Balaban J connectivity index is 1.64. The molecule has 0 saturated carbocycles. The van der Waals surface area contributed by atoms with Crippen LogP contribution in [0, 0.1) is 11.3 Å². The molecule has 1 aromatic heterocycles. The number of hydrogen-bond acceptors (Lipinski definition) is 11. The van der Waals surface area contributed by atoms with Gasteiger partial charge in [-0.2, -0.15) is 5.26 Å². The van der Waals surface area contributed by atoms with Crippen LogP contribution in [-0.4, -0.2) is 84.5 Å². The van der Waals surface area contributed by atoms with Crippen molar-refractivity contribution in [2.45, 2.75) is 57.2 Å². The van der Waals surface area contributed by atoms with Crippen LogP contribution in [0.15, 0.2) is 101 Å². The van der Waals surface area contributed by atoms with Crippen molar-refractivity contribution in [3.05, 3.63) is 129 Å². The number of H-pyrrole nitrogens is 1. The van der Waals surface area contributed by atoms with E-state index in [9.17, 15) is 19.6 Å². The largest absolute Gasteiger partial charge is 0.497 e. The first kappa shape index (κ1) is 40.5. The van der Waals surface area contributed by atoms with Crippen LogP contribution in [0.1, 0.15) is 50.6 Å². The summed E-state index contributed by atoms with van der Waals surface area (Å²) >= 11 is 0. The Bertz CT molecular complexity index is 1940. The summed E-state index contributed by atoms with van der Waals surface area (Å²) in [4.78, 5) is 39.9. The summed E-state index contributed by atoms with van der Waals surface area (Å²) in [7, 11) is 1.57. The number of benzene rings is 3. The molecular formula is C40H47N4O9P. The minimum atomic E-state index is -1.64. The van der Waals surface area contributed by atoms with Crippen molar-refractivity contribution in [1.82, 2.24) is 14.2 Å². The fraction of sp³-hybridized carbons (Fsp3) is 0.400. The first-order valence-corrected chi connectivity index (χ1v) is 19.0. The van der Waals surface area contributed by atoms with E-state index in [4.69, 9.17) is 28.2 Å². The van der Waals surface area contributed by atoms with Crippen LogP contribution in [-0.2, 0) is 29.1 Å². The molecule has 2 heterocycles. The van der Waals surface area contributed by atoms with E-state index in [0.717, 1.165) is 16.7 Å². The van der Waals surface area contributed by atoms with Gasteiger partial charge in [-0.15, -0.1) is 0 Å². The predicted octanol–water partition coefficient (Wildman–Crippen LogP) is 5.39. The van der Waals surface area contributed by atoms with Crippen molar-refractivity contribution in [3.63, 3.8) is 0 Å². The molecule has 1 N–H and O–H groups in total. The highest BCUT2D eigenvalue weighted by molar-refractivity contribution is 7.51.